The van der Waals surface area contributed by atoms with Gasteiger partial charge in [-0.15, -0.1) is 0 Å². The highest BCUT2D eigenvalue weighted by atomic mass is 32.2. The number of ether oxygens (including phenoxy) is 2. The highest BCUT2D eigenvalue weighted by Crippen LogP contribution is 2.21. The normalized spacial score (nSPS) is 18.6. The molecule has 1 aromatic rings. The van der Waals surface area contributed by atoms with Crippen LogP contribution in [-0.2, 0) is 25.9 Å². The van der Waals surface area contributed by atoms with E-state index in [0.29, 0.717) is 19.6 Å². The van der Waals surface area contributed by atoms with Crippen LogP contribution in [0.1, 0.15) is 32.3 Å². The Morgan fingerprint density at radius 1 is 1.19 bits per heavy atom. The van der Waals surface area contributed by atoms with Crippen LogP contribution in [0.3, 0.4) is 0 Å². The number of hydrogen-bond acceptors (Lipinski definition) is 4. The molecular formula is C15H23NO4S. The molecular weight excluding hydrogens is 290 g/mol. The van der Waals surface area contributed by atoms with Crippen LogP contribution in [-0.4, -0.2) is 34.0 Å². The summed E-state index contributed by atoms with van der Waals surface area (Å²) in [4.78, 5) is 0.287. The Hall–Kier alpha value is -0.950. The van der Waals surface area contributed by atoms with Crippen molar-refractivity contribution in [2.24, 2.45) is 0 Å². The Morgan fingerprint density at radius 3 is 2.38 bits per heavy atom. The molecule has 1 N–H and O–H groups in total. The highest BCUT2D eigenvalue weighted by Gasteiger charge is 2.29. The number of sulfonamides is 1. The lowest BCUT2D eigenvalue weighted by molar-refractivity contribution is -0.257. The molecule has 5 nitrogen and oxygen atoms in total. The summed E-state index contributed by atoms with van der Waals surface area (Å²) in [5.41, 5.74) is 1.12. The van der Waals surface area contributed by atoms with Crippen molar-refractivity contribution in [3.63, 3.8) is 0 Å². The fraction of sp³-hybridized carbons (Fsp3) is 0.600. The van der Waals surface area contributed by atoms with Crippen molar-refractivity contribution in [3.05, 3.63) is 29.8 Å². The number of benzene rings is 1. The molecule has 6 heteroatoms. The summed E-state index contributed by atoms with van der Waals surface area (Å²) in [5, 5.41) is 0. The summed E-state index contributed by atoms with van der Waals surface area (Å²) in [6.45, 7) is 5.47. The third-order valence-electron chi connectivity index (χ3n) is 3.62. The van der Waals surface area contributed by atoms with Gasteiger partial charge in [0.15, 0.2) is 5.79 Å². The molecule has 0 amide bonds. The van der Waals surface area contributed by atoms with Gasteiger partial charge < -0.3 is 9.47 Å². The number of nitrogens with one attached hydrogen (secondary N) is 1. The van der Waals surface area contributed by atoms with Gasteiger partial charge >= 0.3 is 0 Å². The molecule has 0 radical (unpaired) electrons. The summed E-state index contributed by atoms with van der Waals surface area (Å²) in [6, 6.07) is 6.94. The average molecular weight is 313 g/mol. The lowest BCUT2D eigenvalue weighted by Gasteiger charge is -2.33. The van der Waals surface area contributed by atoms with E-state index in [-0.39, 0.29) is 11.4 Å². The zero-order valence-electron chi connectivity index (χ0n) is 12.6. The van der Waals surface area contributed by atoms with Gasteiger partial charge in [0.25, 0.3) is 0 Å². The van der Waals surface area contributed by atoms with Crippen LogP contribution in [0.25, 0.3) is 0 Å². The predicted molar refractivity (Wildman–Crippen MR) is 80.6 cm³/mol. The minimum absolute atomic E-state index is 0.286. The molecule has 0 unspecified atom stereocenters. The summed E-state index contributed by atoms with van der Waals surface area (Å²) in [6.07, 6.45) is 2.26. The van der Waals surface area contributed by atoms with Crippen LogP contribution < -0.4 is 4.72 Å². The average Bonchev–Trinajstić information content (AvgIpc) is 2.47. The topological polar surface area (TPSA) is 64.6 Å². The van der Waals surface area contributed by atoms with Crippen LogP contribution >= 0.6 is 0 Å². The fourth-order valence-corrected chi connectivity index (χ4v) is 3.25. The maximum absolute atomic E-state index is 12.2. The SMILES string of the molecule is CCc1ccc(S(=O)(=O)NCCC2(C)OCCCO2)cc1. The maximum atomic E-state index is 12.2. The molecule has 1 aliphatic rings. The minimum Gasteiger partial charge on any atom is -0.350 e. The second-order valence-corrected chi connectivity index (χ2v) is 7.10. The zero-order valence-corrected chi connectivity index (χ0v) is 13.4. The van der Waals surface area contributed by atoms with E-state index < -0.39 is 15.8 Å². The Balaban J connectivity index is 1.91. The number of rotatable bonds is 6. The van der Waals surface area contributed by atoms with E-state index in [2.05, 4.69) is 4.72 Å². The van der Waals surface area contributed by atoms with Crippen molar-refractivity contribution in [2.75, 3.05) is 19.8 Å². The Labute approximate surface area is 126 Å². The van der Waals surface area contributed by atoms with E-state index in [4.69, 9.17) is 9.47 Å². The molecule has 118 valence electrons. The summed E-state index contributed by atoms with van der Waals surface area (Å²) in [7, 11) is -3.47. The Morgan fingerprint density at radius 2 is 1.81 bits per heavy atom. The van der Waals surface area contributed by atoms with E-state index in [1.165, 1.54) is 0 Å². The van der Waals surface area contributed by atoms with E-state index in [9.17, 15) is 8.42 Å². The lowest BCUT2D eigenvalue weighted by Crippen LogP contribution is -2.40. The van der Waals surface area contributed by atoms with Gasteiger partial charge in [0.1, 0.15) is 0 Å². The van der Waals surface area contributed by atoms with E-state index >= 15 is 0 Å². The maximum Gasteiger partial charge on any atom is 0.240 e. The van der Waals surface area contributed by atoms with Gasteiger partial charge in [0.05, 0.1) is 18.1 Å². The molecule has 1 aromatic carbocycles. The van der Waals surface area contributed by atoms with E-state index in [1.807, 2.05) is 26.0 Å². The summed E-state index contributed by atoms with van der Waals surface area (Å²) >= 11 is 0. The first-order valence-electron chi connectivity index (χ1n) is 7.32. The van der Waals surface area contributed by atoms with Gasteiger partial charge in [-0.1, -0.05) is 19.1 Å². The highest BCUT2D eigenvalue weighted by molar-refractivity contribution is 7.89. The molecule has 0 bridgehead atoms. The van der Waals surface area contributed by atoms with Gasteiger partial charge in [-0.25, -0.2) is 13.1 Å². The second kappa shape index (κ2) is 6.87. The second-order valence-electron chi connectivity index (χ2n) is 5.33. The summed E-state index contributed by atoms with van der Waals surface area (Å²) in [5.74, 6) is -0.688. The molecule has 21 heavy (non-hydrogen) atoms. The molecule has 0 aliphatic carbocycles. The molecule has 1 aliphatic heterocycles. The van der Waals surface area contributed by atoms with Gasteiger partial charge in [-0.2, -0.15) is 0 Å². The molecule has 0 saturated carbocycles. The van der Waals surface area contributed by atoms with E-state index in [0.717, 1.165) is 18.4 Å². The van der Waals surface area contributed by atoms with Crippen LogP contribution in [0.5, 0.6) is 0 Å². The van der Waals surface area contributed by atoms with E-state index in [1.54, 1.807) is 12.1 Å². The van der Waals surface area contributed by atoms with Crippen molar-refractivity contribution in [1.29, 1.82) is 0 Å². The molecule has 0 spiro atoms. The van der Waals surface area contributed by atoms with Crippen LogP contribution in [0.2, 0.25) is 0 Å². The fourth-order valence-electron chi connectivity index (χ4n) is 2.22. The standard InChI is InChI=1S/C15H23NO4S/c1-3-13-5-7-14(8-6-13)21(17,18)16-10-9-15(2)19-11-4-12-20-15/h5-8,16H,3-4,9-12H2,1-2H3. The van der Waals surface area contributed by atoms with Gasteiger partial charge in [0, 0.05) is 13.0 Å². The van der Waals surface area contributed by atoms with Crippen molar-refractivity contribution in [2.45, 2.75) is 43.8 Å². The first-order valence-corrected chi connectivity index (χ1v) is 8.80. The van der Waals surface area contributed by atoms with Gasteiger partial charge in [-0.3, -0.25) is 0 Å². The quantitative estimate of drug-likeness (QED) is 0.873. The van der Waals surface area contributed by atoms with Crippen molar-refractivity contribution in [3.8, 4) is 0 Å². The Bertz CT molecular complexity index is 548. The minimum atomic E-state index is -3.47. The first-order chi connectivity index (χ1) is 9.95. The van der Waals surface area contributed by atoms with Crippen LogP contribution in [0.15, 0.2) is 29.2 Å². The van der Waals surface area contributed by atoms with Crippen LogP contribution in [0, 0.1) is 0 Å². The monoisotopic (exact) mass is 313 g/mol. The van der Waals surface area contributed by atoms with Crippen molar-refractivity contribution < 1.29 is 17.9 Å². The zero-order chi connectivity index (χ0) is 15.3. The van der Waals surface area contributed by atoms with Crippen molar-refractivity contribution >= 4 is 10.0 Å². The molecule has 2 rings (SSSR count). The number of aryl methyl sites for hydroxylation is 1. The lowest BCUT2D eigenvalue weighted by atomic mass is 10.2. The van der Waals surface area contributed by atoms with Gasteiger partial charge in [-0.05, 0) is 37.5 Å². The predicted octanol–water partition coefficient (Wildman–Crippen LogP) is 2.07. The Kier molecular flexibility index (Phi) is 5.37. The number of hydrogen-bond donors (Lipinski definition) is 1. The molecule has 1 heterocycles. The summed E-state index contributed by atoms with van der Waals surface area (Å²) < 4.78 is 38.1. The molecule has 1 saturated heterocycles. The van der Waals surface area contributed by atoms with Crippen molar-refractivity contribution in [1.82, 2.24) is 4.72 Å². The first kappa shape index (κ1) is 16.4. The van der Waals surface area contributed by atoms with Crippen LogP contribution in [0.4, 0.5) is 0 Å². The largest absolute Gasteiger partial charge is 0.350 e. The van der Waals surface area contributed by atoms with Gasteiger partial charge in [0.2, 0.25) is 10.0 Å². The molecule has 0 aromatic heterocycles. The molecule has 1 fully saturated rings. The third-order valence-corrected chi connectivity index (χ3v) is 5.09. The molecule has 0 atom stereocenters. The third kappa shape index (κ3) is 4.51. The smallest absolute Gasteiger partial charge is 0.240 e.